The summed E-state index contributed by atoms with van der Waals surface area (Å²) in [5.74, 6) is 6.85. The van der Waals surface area contributed by atoms with Crippen molar-refractivity contribution in [2.24, 2.45) is 0 Å². The second-order valence-corrected chi connectivity index (χ2v) is 6.66. The Labute approximate surface area is 127 Å². The third kappa shape index (κ3) is 4.16. The van der Waals surface area contributed by atoms with Crippen LogP contribution in [-0.4, -0.2) is 51.3 Å². The average Bonchev–Trinajstić information content (AvgIpc) is 2.49. The number of carbonyl (C=O) groups excluding carboxylic acids is 1. The van der Waals surface area contributed by atoms with Gasteiger partial charge in [-0.15, -0.1) is 0 Å². The van der Waals surface area contributed by atoms with Gasteiger partial charge in [0.2, 0.25) is 0 Å². The maximum absolute atomic E-state index is 12.6. The van der Waals surface area contributed by atoms with Gasteiger partial charge < -0.3 is 10.0 Å². The van der Waals surface area contributed by atoms with E-state index in [0.717, 1.165) is 5.56 Å². The molecule has 1 aliphatic rings. The van der Waals surface area contributed by atoms with E-state index in [0.29, 0.717) is 42.1 Å². The SMILES string of the molecule is Cc1ccc(C#CCCO)c(C(=O)N2CCS(=O)CC2)c1. The summed E-state index contributed by atoms with van der Waals surface area (Å²) >= 11 is 0. The number of hydrogen-bond donors (Lipinski definition) is 1. The van der Waals surface area contributed by atoms with Crippen LogP contribution in [0.15, 0.2) is 18.2 Å². The molecule has 0 spiro atoms. The molecule has 21 heavy (non-hydrogen) atoms. The standard InChI is InChI=1S/C16H19NO3S/c1-13-5-6-14(4-2-3-9-18)15(12-13)16(19)17-7-10-21(20)11-8-17/h5-6,12,18H,3,7-11H2,1H3. The van der Waals surface area contributed by atoms with E-state index in [1.165, 1.54) is 0 Å². The summed E-state index contributed by atoms with van der Waals surface area (Å²) in [7, 11) is -0.799. The van der Waals surface area contributed by atoms with E-state index in [1.54, 1.807) is 4.90 Å². The van der Waals surface area contributed by atoms with E-state index in [4.69, 9.17) is 5.11 Å². The van der Waals surface area contributed by atoms with Crippen LogP contribution in [0.3, 0.4) is 0 Å². The van der Waals surface area contributed by atoms with Crippen molar-refractivity contribution in [2.45, 2.75) is 13.3 Å². The van der Waals surface area contributed by atoms with Gasteiger partial charge in [0, 0.05) is 47.4 Å². The molecule has 1 heterocycles. The second kappa shape index (κ2) is 7.39. The predicted octanol–water partition coefficient (Wildman–Crippen LogP) is 0.933. The first kappa shape index (κ1) is 15.7. The minimum Gasteiger partial charge on any atom is -0.395 e. The van der Waals surface area contributed by atoms with Gasteiger partial charge in [-0.05, 0) is 19.1 Å². The zero-order valence-electron chi connectivity index (χ0n) is 12.1. The van der Waals surface area contributed by atoms with Gasteiger partial charge in [-0.1, -0.05) is 23.5 Å². The monoisotopic (exact) mass is 305 g/mol. The van der Waals surface area contributed by atoms with Crippen molar-refractivity contribution in [1.82, 2.24) is 4.90 Å². The van der Waals surface area contributed by atoms with Crippen molar-refractivity contribution in [2.75, 3.05) is 31.2 Å². The van der Waals surface area contributed by atoms with Gasteiger partial charge in [-0.3, -0.25) is 9.00 Å². The normalized spacial score (nSPS) is 15.4. The lowest BCUT2D eigenvalue weighted by Gasteiger charge is -2.26. The van der Waals surface area contributed by atoms with Gasteiger partial charge in [-0.25, -0.2) is 0 Å². The number of amides is 1. The average molecular weight is 305 g/mol. The molecule has 1 aromatic carbocycles. The Morgan fingerprint density at radius 3 is 2.76 bits per heavy atom. The summed E-state index contributed by atoms with van der Waals surface area (Å²) in [4.78, 5) is 14.4. The van der Waals surface area contributed by atoms with E-state index < -0.39 is 10.8 Å². The van der Waals surface area contributed by atoms with Crippen LogP contribution in [0.1, 0.15) is 27.9 Å². The molecule has 1 saturated heterocycles. The van der Waals surface area contributed by atoms with Crippen LogP contribution in [0.4, 0.5) is 0 Å². The van der Waals surface area contributed by atoms with Crippen LogP contribution >= 0.6 is 0 Å². The van der Waals surface area contributed by atoms with E-state index in [2.05, 4.69) is 11.8 Å². The molecular weight excluding hydrogens is 286 g/mol. The molecule has 1 N–H and O–H groups in total. The fourth-order valence-electron chi connectivity index (χ4n) is 2.17. The Morgan fingerprint density at radius 2 is 2.10 bits per heavy atom. The quantitative estimate of drug-likeness (QED) is 0.827. The number of aryl methyl sites for hydroxylation is 1. The third-order valence-electron chi connectivity index (χ3n) is 3.33. The van der Waals surface area contributed by atoms with Crippen molar-refractivity contribution >= 4 is 16.7 Å². The third-order valence-corrected chi connectivity index (χ3v) is 4.61. The summed E-state index contributed by atoms with van der Waals surface area (Å²) in [6.07, 6.45) is 0.393. The van der Waals surface area contributed by atoms with Crippen molar-refractivity contribution in [3.05, 3.63) is 34.9 Å². The van der Waals surface area contributed by atoms with Crippen molar-refractivity contribution in [3.63, 3.8) is 0 Å². The molecule has 4 nitrogen and oxygen atoms in total. The summed E-state index contributed by atoms with van der Waals surface area (Å²) in [6, 6.07) is 5.61. The number of carbonyl (C=O) groups is 1. The Hall–Kier alpha value is -1.64. The fourth-order valence-corrected chi connectivity index (χ4v) is 3.22. The largest absolute Gasteiger partial charge is 0.395 e. The van der Waals surface area contributed by atoms with Gasteiger partial charge in [0.1, 0.15) is 0 Å². The Balaban J connectivity index is 2.25. The molecule has 1 aromatic rings. The van der Waals surface area contributed by atoms with Crippen LogP contribution in [0, 0.1) is 18.8 Å². The zero-order chi connectivity index (χ0) is 15.2. The minimum absolute atomic E-state index is 0.0140. The molecule has 1 aliphatic heterocycles. The lowest BCUT2D eigenvalue weighted by Crippen LogP contribution is -2.42. The molecule has 112 valence electrons. The van der Waals surface area contributed by atoms with Gasteiger partial charge in [-0.2, -0.15) is 0 Å². The first-order chi connectivity index (χ1) is 10.1. The molecule has 0 saturated carbocycles. The number of aliphatic hydroxyl groups excluding tert-OH is 1. The highest BCUT2D eigenvalue weighted by Gasteiger charge is 2.22. The molecular formula is C16H19NO3S. The maximum Gasteiger partial charge on any atom is 0.255 e. The highest BCUT2D eigenvalue weighted by molar-refractivity contribution is 7.85. The molecule has 0 aromatic heterocycles. The van der Waals surface area contributed by atoms with E-state index in [-0.39, 0.29) is 12.5 Å². The molecule has 0 bridgehead atoms. The lowest BCUT2D eigenvalue weighted by atomic mass is 10.0. The molecule has 1 fully saturated rings. The molecule has 0 aliphatic carbocycles. The second-order valence-electron chi connectivity index (χ2n) is 4.96. The molecule has 5 heteroatoms. The molecule has 2 rings (SSSR count). The lowest BCUT2D eigenvalue weighted by molar-refractivity contribution is 0.0771. The molecule has 0 radical (unpaired) electrons. The number of nitrogens with zero attached hydrogens (tertiary/aromatic N) is 1. The number of aliphatic hydroxyl groups is 1. The van der Waals surface area contributed by atoms with Gasteiger partial charge in [0.15, 0.2) is 0 Å². The van der Waals surface area contributed by atoms with Crippen molar-refractivity contribution in [1.29, 1.82) is 0 Å². The highest BCUT2D eigenvalue weighted by atomic mass is 32.2. The first-order valence-corrected chi connectivity index (χ1v) is 8.45. The number of hydrogen-bond acceptors (Lipinski definition) is 3. The minimum atomic E-state index is -0.799. The van der Waals surface area contributed by atoms with Crippen molar-refractivity contribution < 1.29 is 14.1 Å². The smallest absolute Gasteiger partial charge is 0.255 e. The number of rotatable bonds is 2. The Kier molecular flexibility index (Phi) is 5.54. The fraction of sp³-hybridized carbons (Fsp3) is 0.438. The topological polar surface area (TPSA) is 57.6 Å². The summed E-state index contributed by atoms with van der Waals surface area (Å²) in [5.41, 5.74) is 2.28. The van der Waals surface area contributed by atoms with E-state index in [1.807, 2.05) is 25.1 Å². The number of benzene rings is 1. The van der Waals surface area contributed by atoms with Crippen LogP contribution in [0.25, 0.3) is 0 Å². The van der Waals surface area contributed by atoms with Crippen LogP contribution in [-0.2, 0) is 10.8 Å². The van der Waals surface area contributed by atoms with Crippen LogP contribution in [0.5, 0.6) is 0 Å². The van der Waals surface area contributed by atoms with Crippen molar-refractivity contribution in [3.8, 4) is 11.8 Å². The van der Waals surface area contributed by atoms with Gasteiger partial charge >= 0.3 is 0 Å². The highest BCUT2D eigenvalue weighted by Crippen LogP contribution is 2.15. The zero-order valence-corrected chi connectivity index (χ0v) is 12.9. The summed E-state index contributed by atoms with van der Waals surface area (Å²) < 4.78 is 11.4. The predicted molar refractivity (Wildman–Crippen MR) is 83.5 cm³/mol. The van der Waals surface area contributed by atoms with E-state index in [9.17, 15) is 9.00 Å². The molecule has 0 atom stereocenters. The maximum atomic E-state index is 12.6. The van der Waals surface area contributed by atoms with Gasteiger partial charge in [0.25, 0.3) is 5.91 Å². The summed E-state index contributed by atoms with van der Waals surface area (Å²) in [6.45, 7) is 3.01. The Bertz CT molecular complexity index is 606. The summed E-state index contributed by atoms with van der Waals surface area (Å²) in [5, 5.41) is 8.79. The van der Waals surface area contributed by atoms with Gasteiger partial charge in [0.05, 0.1) is 12.2 Å². The molecule has 0 unspecified atom stereocenters. The van der Waals surface area contributed by atoms with E-state index >= 15 is 0 Å². The van der Waals surface area contributed by atoms with Crippen LogP contribution < -0.4 is 0 Å². The first-order valence-electron chi connectivity index (χ1n) is 6.96. The molecule has 1 amide bonds. The Morgan fingerprint density at radius 1 is 1.38 bits per heavy atom. The van der Waals surface area contributed by atoms with Crippen LogP contribution in [0.2, 0.25) is 0 Å².